The Morgan fingerprint density at radius 2 is 1.75 bits per heavy atom. The average Bonchev–Trinajstić information content (AvgIpc) is 3.43. The molecule has 0 radical (unpaired) electrons. The van der Waals surface area contributed by atoms with Crippen molar-refractivity contribution >= 4 is 21.9 Å². The van der Waals surface area contributed by atoms with Crippen LogP contribution in [0.15, 0.2) is 53.4 Å². The van der Waals surface area contributed by atoms with E-state index < -0.39 is 52.6 Å². The molecule has 1 saturated carbocycles. The van der Waals surface area contributed by atoms with Crippen molar-refractivity contribution in [3.8, 4) is 5.75 Å². The van der Waals surface area contributed by atoms with E-state index in [0.29, 0.717) is 12.4 Å². The maximum Gasteiger partial charge on any atom is 0.304 e. The maximum absolute atomic E-state index is 13.8. The Kier molecular flexibility index (Phi) is 7.62. The molecule has 0 bridgehead atoms. The molecule has 2 atom stereocenters. The van der Waals surface area contributed by atoms with E-state index in [2.05, 4.69) is 0 Å². The van der Waals surface area contributed by atoms with Gasteiger partial charge in [-0.1, -0.05) is 24.3 Å². The maximum atomic E-state index is 13.8. The third kappa shape index (κ3) is 5.08. The summed E-state index contributed by atoms with van der Waals surface area (Å²) in [6, 6.07) is 13.4. The molecule has 1 aliphatic carbocycles. The van der Waals surface area contributed by atoms with Crippen molar-refractivity contribution in [3.05, 3.63) is 59.7 Å². The number of hydroxylamine groups is 1. The molecule has 1 aliphatic heterocycles. The lowest BCUT2D eigenvalue weighted by Crippen LogP contribution is -2.60. The monoisotopic (exact) mass is 520 g/mol. The molecule has 0 spiro atoms. The number of benzene rings is 2. The SMILES string of the molecule is Cc1ccccc1COc1ccc(S(=O)(=O)N(CCC(=O)O)C2(C(=O)NO)CC3OCOC3C2)cc1. The molecule has 2 aromatic rings. The highest BCUT2D eigenvalue weighted by atomic mass is 32.2. The molecule has 1 amide bonds. The van der Waals surface area contributed by atoms with E-state index in [9.17, 15) is 28.3 Å². The number of carboxylic acid groups (broad SMARTS) is 1. The number of amides is 1. The lowest BCUT2D eigenvalue weighted by Gasteiger charge is -2.38. The third-order valence-electron chi connectivity index (χ3n) is 6.65. The number of rotatable bonds is 10. The van der Waals surface area contributed by atoms with Crippen LogP contribution in [0, 0.1) is 6.92 Å². The summed E-state index contributed by atoms with van der Waals surface area (Å²) in [4.78, 5) is 24.1. The summed E-state index contributed by atoms with van der Waals surface area (Å²) < 4.78 is 45.1. The van der Waals surface area contributed by atoms with E-state index in [4.69, 9.17) is 14.2 Å². The lowest BCUT2D eigenvalue weighted by atomic mass is 9.95. The molecular formula is C24H28N2O9S. The molecule has 2 unspecified atom stereocenters. The van der Waals surface area contributed by atoms with Crippen molar-refractivity contribution < 1.29 is 42.5 Å². The molecule has 0 aromatic heterocycles. The first-order valence-electron chi connectivity index (χ1n) is 11.4. The second-order valence-electron chi connectivity index (χ2n) is 8.82. The van der Waals surface area contributed by atoms with Crippen LogP contribution in [-0.4, -0.2) is 66.0 Å². The summed E-state index contributed by atoms with van der Waals surface area (Å²) >= 11 is 0. The number of sulfonamides is 1. The minimum absolute atomic E-state index is 0.0119. The number of carboxylic acids is 1. The topological polar surface area (TPSA) is 152 Å². The van der Waals surface area contributed by atoms with Crippen molar-refractivity contribution in [1.29, 1.82) is 0 Å². The number of nitrogens with one attached hydrogen (secondary N) is 1. The van der Waals surface area contributed by atoms with E-state index in [-0.39, 0.29) is 24.5 Å². The number of aliphatic carboxylic acids is 1. The van der Waals surface area contributed by atoms with Gasteiger partial charge in [0, 0.05) is 19.4 Å². The summed E-state index contributed by atoms with van der Waals surface area (Å²) in [5, 5.41) is 18.7. The van der Waals surface area contributed by atoms with Crippen molar-refractivity contribution in [2.24, 2.45) is 0 Å². The van der Waals surface area contributed by atoms with Gasteiger partial charge in [-0.05, 0) is 42.3 Å². The minimum Gasteiger partial charge on any atom is -0.489 e. The Hall–Kier alpha value is -3.03. The first kappa shape index (κ1) is 26.0. The van der Waals surface area contributed by atoms with Gasteiger partial charge in [0.1, 0.15) is 24.7 Å². The molecule has 11 nitrogen and oxygen atoms in total. The molecule has 1 saturated heterocycles. The first-order chi connectivity index (χ1) is 17.2. The predicted octanol–water partition coefficient (Wildman–Crippen LogP) is 1.82. The van der Waals surface area contributed by atoms with E-state index in [1.807, 2.05) is 31.2 Å². The predicted molar refractivity (Wildman–Crippen MR) is 125 cm³/mol. The number of hydrogen-bond donors (Lipinski definition) is 3. The Bertz CT molecular complexity index is 1200. The van der Waals surface area contributed by atoms with Crippen LogP contribution in [0.5, 0.6) is 5.75 Å². The number of ether oxygens (including phenoxy) is 3. The number of nitrogens with zero attached hydrogens (tertiary/aromatic N) is 1. The number of hydrogen-bond acceptors (Lipinski definition) is 8. The molecule has 2 fully saturated rings. The van der Waals surface area contributed by atoms with Crippen molar-refractivity contribution in [1.82, 2.24) is 9.79 Å². The summed E-state index contributed by atoms with van der Waals surface area (Å²) in [6.45, 7) is 1.78. The highest BCUT2D eigenvalue weighted by molar-refractivity contribution is 7.89. The highest BCUT2D eigenvalue weighted by Gasteiger charge is 2.59. The number of carbonyl (C=O) groups is 2. The van der Waals surface area contributed by atoms with Crippen LogP contribution in [0.25, 0.3) is 0 Å². The van der Waals surface area contributed by atoms with E-state index in [0.717, 1.165) is 15.4 Å². The molecule has 194 valence electrons. The van der Waals surface area contributed by atoms with E-state index in [1.54, 1.807) is 5.48 Å². The Balaban J connectivity index is 1.62. The van der Waals surface area contributed by atoms with E-state index >= 15 is 0 Å². The summed E-state index contributed by atoms with van der Waals surface area (Å²) in [6.07, 6.45) is -1.88. The van der Waals surface area contributed by atoms with Gasteiger partial charge in [0.2, 0.25) is 10.0 Å². The first-order valence-corrected chi connectivity index (χ1v) is 12.8. The van der Waals surface area contributed by atoms with Crippen LogP contribution < -0.4 is 10.2 Å². The third-order valence-corrected chi connectivity index (χ3v) is 8.63. The zero-order valence-corrected chi connectivity index (χ0v) is 20.4. The Morgan fingerprint density at radius 3 is 2.33 bits per heavy atom. The van der Waals surface area contributed by atoms with Crippen LogP contribution in [0.1, 0.15) is 30.4 Å². The molecule has 3 N–H and O–H groups in total. The van der Waals surface area contributed by atoms with Crippen LogP contribution in [-0.2, 0) is 35.7 Å². The summed E-state index contributed by atoms with van der Waals surface area (Å²) in [5.74, 6) is -1.77. The van der Waals surface area contributed by atoms with Crippen LogP contribution in [0.4, 0.5) is 0 Å². The van der Waals surface area contributed by atoms with Gasteiger partial charge >= 0.3 is 5.97 Å². The molecule has 36 heavy (non-hydrogen) atoms. The minimum atomic E-state index is -4.38. The molecule has 4 rings (SSSR count). The average molecular weight is 521 g/mol. The van der Waals surface area contributed by atoms with Gasteiger partial charge < -0.3 is 19.3 Å². The van der Waals surface area contributed by atoms with Gasteiger partial charge in [0.15, 0.2) is 0 Å². The zero-order chi connectivity index (χ0) is 25.9. The summed E-state index contributed by atoms with van der Waals surface area (Å²) in [5.41, 5.74) is 1.81. The van der Waals surface area contributed by atoms with Gasteiger partial charge in [0.25, 0.3) is 5.91 Å². The second kappa shape index (κ2) is 10.5. The number of aryl methyl sites for hydroxylation is 1. The second-order valence-corrected chi connectivity index (χ2v) is 10.7. The van der Waals surface area contributed by atoms with Crippen molar-refractivity contribution in [2.45, 2.75) is 55.4 Å². The number of carbonyl (C=O) groups excluding carboxylic acids is 1. The Morgan fingerprint density at radius 1 is 1.11 bits per heavy atom. The van der Waals surface area contributed by atoms with Crippen molar-refractivity contribution in [3.63, 3.8) is 0 Å². The fraction of sp³-hybridized carbons (Fsp3) is 0.417. The standard InChI is InChI=1S/C24H28N2O9S/c1-16-4-2-3-5-17(16)14-33-18-6-8-19(9-7-18)36(31,32)26(11-10-22(27)28)24(23(29)25-30)12-20-21(13-24)35-15-34-20/h2-9,20-21,30H,10-15H2,1H3,(H,25,29)(H,27,28). The molecular weight excluding hydrogens is 492 g/mol. The molecule has 2 aliphatic rings. The summed E-state index contributed by atoms with van der Waals surface area (Å²) in [7, 11) is -4.38. The highest BCUT2D eigenvalue weighted by Crippen LogP contribution is 2.44. The lowest BCUT2D eigenvalue weighted by molar-refractivity contribution is -0.143. The van der Waals surface area contributed by atoms with Crippen LogP contribution >= 0.6 is 0 Å². The largest absolute Gasteiger partial charge is 0.489 e. The normalized spacial score (nSPS) is 23.4. The molecule has 12 heteroatoms. The fourth-order valence-electron chi connectivity index (χ4n) is 4.69. The van der Waals surface area contributed by atoms with Crippen molar-refractivity contribution in [2.75, 3.05) is 13.3 Å². The molecule has 2 aromatic carbocycles. The zero-order valence-electron chi connectivity index (χ0n) is 19.6. The molecule has 1 heterocycles. The van der Waals surface area contributed by atoms with E-state index in [1.165, 1.54) is 24.3 Å². The fourth-order valence-corrected chi connectivity index (χ4v) is 6.45. The van der Waals surface area contributed by atoms with Crippen LogP contribution in [0.3, 0.4) is 0 Å². The van der Waals surface area contributed by atoms with Gasteiger partial charge in [-0.15, -0.1) is 0 Å². The smallest absolute Gasteiger partial charge is 0.304 e. The van der Waals surface area contributed by atoms with Crippen LogP contribution in [0.2, 0.25) is 0 Å². The van der Waals surface area contributed by atoms with Gasteiger partial charge in [0.05, 0.1) is 23.5 Å². The Labute approximate surface area is 208 Å². The van der Waals surface area contributed by atoms with Gasteiger partial charge in [-0.25, -0.2) is 13.9 Å². The van der Waals surface area contributed by atoms with Gasteiger partial charge in [-0.3, -0.25) is 14.8 Å². The quantitative estimate of drug-likeness (QED) is 0.315. The van der Waals surface area contributed by atoms with Gasteiger partial charge in [-0.2, -0.15) is 4.31 Å². The number of fused-ring (bicyclic) bond motifs is 1.